The van der Waals surface area contributed by atoms with Crippen molar-refractivity contribution in [2.75, 3.05) is 26.7 Å². The zero-order valence-electron chi connectivity index (χ0n) is 10.2. The molecule has 18 heavy (non-hydrogen) atoms. The summed E-state index contributed by atoms with van der Waals surface area (Å²) in [6.07, 6.45) is 2.20. The first-order valence-electron chi connectivity index (χ1n) is 6.00. The van der Waals surface area contributed by atoms with Crippen LogP contribution in [0.1, 0.15) is 22.5 Å². The second-order valence-electron chi connectivity index (χ2n) is 4.53. The molecule has 6 heteroatoms. The molecule has 0 unspecified atom stereocenters. The summed E-state index contributed by atoms with van der Waals surface area (Å²) in [5, 5.41) is 3.21. The van der Waals surface area contributed by atoms with Crippen LogP contribution in [0.4, 0.5) is 0 Å². The summed E-state index contributed by atoms with van der Waals surface area (Å²) in [7, 11) is 1.98. The summed E-state index contributed by atoms with van der Waals surface area (Å²) >= 11 is 8.35. The first-order valence-corrected chi connectivity index (χ1v) is 8.40. The molecule has 1 aromatic heterocycles. The number of thiophene rings is 1. The van der Waals surface area contributed by atoms with E-state index in [1.165, 1.54) is 11.3 Å². The molecule has 0 bridgehead atoms. The highest BCUT2D eigenvalue weighted by Gasteiger charge is 2.24. The fourth-order valence-corrected chi connectivity index (χ4v) is 4.24. The van der Waals surface area contributed by atoms with E-state index < -0.39 is 0 Å². The Morgan fingerprint density at radius 1 is 1.50 bits per heavy atom. The van der Waals surface area contributed by atoms with Crippen LogP contribution in [0, 0.1) is 5.92 Å². The van der Waals surface area contributed by atoms with E-state index in [1.54, 1.807) is 0 Å². The fraction of sp³-hybridized carbons (Fsp3) is 0.583. The van der Waals surface area contributed by atoms with Gasteiger partial charge in [-0.1, -0.05) is 0 Å². The van der Waals surface area contributed by atoms with Gasteiger partial charge in [0, 0.05) is 17.6 Å². The number of carbonyl (C=O) groups is 1. The molecule has 0 spiro atoms. The van der Waals surface area contributed by atoms with Gasteiger partial charge in [0.2, 0.25) is 0 Å². The molecule has 2 heterocycles. The highest BCUT2D eigenvalue weighted by Crippen LogP contribution is 2.33. The van der Waals surface area contributed by atoms with Crippen LogP contribution in [0.25, 0.3) is 0 Å². The number of amides is 1. The van der Waals surface area contributed by atoms with Gasteiger partial charge in [-0.05, 0) is 70.3 Å². The van der Waals surface area contributed by atoms with E-state index in [2.05, 4.69) is 37.2 Å². The number of nitrogens with zero attached hydrogens (tertiary/aromatic N) is 1. The molecule has 0 atom stereocenters. The average molecular weight is 396 g/mol. The van der Waals surface area contributed by atoms with Gasteiger partial charge < -0.3 is 10.2 Å². The Balaban J connectivity index is 1.95. The zero-order valence-corrected chi connectivity index (χ0v) is 14.2. The van der Waals surface area contributed by atoms with Gasteiger partial charge >= 0.3 is 0 Å². The zero-order chi connectivity index (χ0) is 13.1. The standard InChI is InChI=1S/C12H16Br2N2OS/c1-15-7-8-2-4-16(5-3-8)12(17)10-6-9(13)11(14)18-10/h6,8,15H,2-5,7H2,1H3. The van der Waals surface area contributed by atoms with Crippen molar-refractivity contribution < 1.29 is 4.79 Å². The van der Waals surface area contributed by atoms with Crippen LogP contribution in [-0.2, 0) is 0 Å². The maximum Gasteiger partial charge on any atom is 0.264 e. The van der Waals surface area contributed by atoms with Crippen LogP contribution in [0.5, 0.6) is 0 Å². The molecule has 1 aliphatic heterocycles. The molecule has 0 radical (unpaired) electrons. The van der Waals surface area contributed by atoms with Gasteiger partial charge in [-0.2, -0.15) is 0 Å². The quantitative estimate of drug-likeness (QED) is 0.850. The minimum atomic E-state index is 0.161. The minimum Gasteiger partial charge on any atom is -0.338 e. The lowest BCUT2D eigenvalue weighted by Gasteiger charge is -2.31. The lowest BCUT2D eigenvalue weighted by Crippen LogP contribution is -2.40. The van der Waals surface area contributed by atoms with E-state index in [0.29, 0.717) is 5.92 Å². The molecule has 1 aromatic rings. The normalized spacial score (nSPS) is 17.2. The molecule has 3 nitrogen and oxygen atoms in total. The molecule has 100 valence electrons. The highest BCUT2D eigenvalue weighted by molar-refractivity contribution is 9.13. The first kappa shape index (κ1) is 14.5. The van der Waals surface area contributed by atoms with Gasteiger partial charge in [0.1, 0.15) is 0 Å². The summed E-state index contributed by atoms with van der Waals surface area (Å²) in [6.45, 7) is 2.80. The molecular formula is C12H16Br2N2OS. The molecule has 0 aliphatic carbocycles. The van der Waals surface area contributed by atoms with Gasteiger partial charge in [-0.3, -0.25) is 4.79 Å². The monoisotopic (exact) mass is 394 g/mol. The van der Waals surface area contributed by atoms with Crippen molar-refractivity contribution in [1.82, 2.24) is 10.2 Å². The minimum absolute atomic E-state index is 0.161. The van der Waals surface area contributed by atoms with Crippen molar-refractivity contribution in [2.24, 2.45) is 5.92 Å². The summed E-state index contributed by atoms with van der Waals surface area (Å²) < 4.78 is 1.94. The summed E-state index contributed by atoms with van der Waals surface area (Å²) in [5.41, 5.74) is 0. The molecule has 1 aliphatic rings. The number of carbonyl (C=O) groups excluding carboxylic acids is 1. The molecule has 2 rings (SSSR count). The Kier molecular flexibility index (Phi) is 5.24. The topological polar surface area (TPSA) is 32.3 Å². The largest absolute Gasteiger partial charge is 0.338 e. The number of rotatable bonds is 3. The number of hydrogen-bond donors (Lipinski definition) is 1. The van der Waals surface area contributed by atoms with E-state index >= 15 is 0 Å². The first-order chi connectivity index (χ1) is 8.61. The Morgan fingerprint density at radius 2 is 2.17 bits per heavy atom. The molecular weight excluding hydrogens is 380 g/mol. The van der Waals surface area contributed by atoms with Crippen molar-refractivity contribution >= 4 is 49.1 Å². The molecule has 0 aromatic carbocycles. The number of piperidine rings is 1. The number of hydrogen-bond acceptors (Lipinski definition) is 3. The molecule has 0 saturated carbocycles. The van der Waals surface area contributed by atoms with Gasteiger partial charge in [0.05, 0.1) is 8.66 Å². The molecule has 1 fully saturated rings. The molecule has 1 N–H and O–H groups in total. The number of halogens is 2. The second-order valence-corrected chi connectivity index (χ2v) is 7.75. The van der Waals surface area contributed by atoms with Crippen molar-refractivity contribution in [1.29, 1.82) is 0 Å². The Hall–Kier alpha value is 0.0900. The van der Waals surface area contributed by atoms with Crippen LogP contribution < -0.4 is 5.32 Å². The lowest BCUT2D eigenvalue weighted by molar-refractivity contribution is 0.0696. The van der Waals surface area contributed by atoms with Crippen LogP contribution >= 0.6 is 43.2 Å². The Labute approximate surface area is 128 Å². The summed E-state index contributed by atoms with van der Waals surface area (Å²) in [6, 6.07) is 1.90. The van der Waals surface area contributed by atoms with Crippen LogP contribution in [0.2, 0.25) is 0 Å². The fourth-order valence-electron chi connectivity index (χ4n) is 2.24. The molecule has 1 saturated heterocycles. The van der Waals surface area contributed by atoms with Gasteiger partial charge in [0.15, 0.2) is 0 Å². The van der Waals surface area contributed by atoms with Crippen LogP contribution in [0.3, 0.4) is 0 Å². The van der Waals surface area contributed by atoms with E-state index in [9.17, 15) is 4.79 Å². The Bertz CT molecular complexity index is 408. The maximum absolute atomic E-state index is 12.3. The SMILES string of the molecule is CNCC1CCN(C(=O)c2cc(Br)c(Br)s2)CC1. The van der Waals surface area contributed by atoms with Crippen molar-refractivity contribution in [3.63, 3.8) is 0 Å². The van der Waals surface area contributed by atoms with Crippen LogP contribution in [0.15, 0.2) is 14.3 Å². The third kappa shape index (κ3) is 3.35. The van der Waals surface area contributed by atoms with E-state index in [1.807, 2.05) is 18.0 Å². The maximum atomic E-state index is 12.3. The van der Waals surface area contributed by atoms with Gasteiger partial charge in [-0.15, -0.1) is 11.3 Å². The third-order valence-electron chi connectivity index (χ3n) is 3.25. The average Bonchev–Trinajstić information content (AvgIpc) is 2.70. The predicted molar refractivity (Wildman–Crippen MR) is 82.3 cm³/mol. The second kappa shape index (κ2) is 6.50. The van der Waals surface area contributed by atoms with E-state index in [-0.39, 0.29) is 5.91 Å². The predicted octanol–water partition coefficient (Wildman–Crippen LogP) is 3.34. The van der Waals surface area contributed by atoms with Crippen molar-refractivity contribution in [3.8, 4) is 0 Å². The van der Waals surface area contributed by atoms with Crippen molar-refractivity contribution in [2.45, 2.75) is 12.8 Å². The lowest BCUT2D eigenvalue weighted by atomic mass is 9.97. The van der Waals surface area contributed by atoms with E-state index in [0.717, 1.165) is 45.6 Å². The number of likely N-dealkylation sites (tertiary alicyclic amines) is 1. The summed E-state index contributed by atoms with van der Waals surface area (Å²) in [5.74, 6) is 0.871. The third-order valence-corrected chi connectivity index (χ3v) is 6.49. The van der Waals surface area contributed by atoms with Crippen molar-refractivity contribution in [3.05, 3.63) is 19.2 Å². The van der Waals surface area contributed by atoms with E-state index in [4.69, 9.17) is 0 Å². The Morgan fingerprint density at radius 3 is 2.67 bits per heavy atom. The molecule has 1 amide bonds. The van der Waals surface area contributed by atoms with Gasteiger partial charge in [-0.25, -0.2) is 0 Å². The number of nitrogens with one attached hydrogen (secondary N) is 1. The van der Waals surface area contributed by atoms with Crippen LogP contribution in [-0.4, -0.2) is 37.5 Å². The smallest absolute Gasteiger partial charge is 0.264 e. The highest BCUT2D eigenvalue weighted by atomic mass is 79.9. The van der Waals surface area contributed by atoms with Gasteiger partial charge in [0.25, 0.3) is 5.91 Å². The summed E-state index contributed by atoms with van der Waals surface area (Å²) in [4.78, 5) is 15.1.